The van der Waals surface area contributed by atoms with Crippen molar-refractivity contribution < 1.29 is 9.53 Å². The van der Waals surface area contributed by atoms with Gasteiger partial charge < -0.3 is 10.1 Å². The number of nitrogens with one attached hydrogen (secondary N) is 2. The molecule has 0 unspecified atom stereocenters. The molecule has 2 N–H and O–H groups in total. The molecule has 1 aromatic carbocycles. The molecule has 0 aliphatic carbocycles. The van der Waals surface area contributed by atoms with Crippen LogP contribution in [0.25, 0.3) is 21.3 Å². The van der Waals surface area contributed by atoms with Crippen molar-refractivity contribution in [1.29, 1.82) is 0 Å². The third-order valence-electron chi connectivity index (χ3n) is 2.90. The van der Waals surface area contributed by atoms with Gasteiger partial charge in [-0.1, -0.05) is 12.1 Å². The Morgan fingerprint density at radius 3 is 3.10 bits per heavy atom. The number of thiophene rings is 1. The zero-order valence-corrected chi connectivity index (χ0v) is 11.7. The molecular weight excluding hydrogens is 274 g/mol. The third-order valence-corrected chi connectivity index (χ3v) is 3.82. The fourth-order valence-electron chi connectivity index (χ4n) is 2.01. The van der Waals surface area contributed by atoms with Crippen molar-refractivity contribution >= 4 is 34.0 Å². The Hall–Kier alpha value is -2.18. The molecule has 2 aromatic heterocycles. The van der Waals surface area contributed by atoms with Crippen LogP contribution in [-0.4, -0.2) is 29.8 Å². The van der Waals surface area contributed by atoms with Crippen LogP contribution in [0, 0.1) is 0 Å². The summed E-state index contributed by atoms with van der Waals surface area (Å²) in [4.78, 5) is 12.7. The van der Waals surface area contributed by atoms with Gasteiger partial charge in [-0.2, -0.15) is 5.10 Å². The van der Waals surface area contributed by atoms with Crippen LogP contribution in [0.15, 0.2) is 35.7 Å². The number of hydrogen-bond acceptors (Lipinski definition) is 4. The lowest BCUT2D eigenvalue weighted by Crippen LogP contribution is -2.17. The van der Waals surface area contributed by atoms with Gasteiger partial charge in [-0.3, -0.25) is 9.89 Å². The quantitative estimate of drug-likeness (QED) is 0.775. The predicted octanol–water partition coefficient (Wildman–Crippen LogP) is 2.88. The Bertz CT molecular complexity index is 734. The molecule has 3 aromatic rings. The maximum absolute atomic E-state index is 11.5. The predicted molar refractivity (Wildman–Crippen MR) is 79.9 cm³/mol. The number of H-pyrrole nitrogens is 1. The van der Waals surface area contributed by atoms with Crippen LogP contribution in [-0.2, 0) is 9.53 Å². The van der Waals surface area contributed by atoms with E-state index in [1.807, 2.05) is 29.6 Å². The van der Waals surface area contributed by atoms with E-state index in [2.05, 4.69) is 21.6 Å². The van der Waals surface area contributed by atoms with Gasteiger partial charge in [-0.25, -0.2) is 0 Å². The molecule has 0 aliphatic rings. The Morgan fingerprint density at radius 1 is 1.45 bits per heavy atom. The number of anilines is 1. The smallest absolute Gasteiger partial charge is 0.251 e. The van der Waals surface area contributed by atoms with Crippen molar-refractivity contribution in [2.75, 3.05) is 19.0 Å². The Morgan fingerprint density at radius 2 is 2.35 bits per heavy atom. The number of ether oxygens (including phenoxy) is 1. The summed E-state index contributed by atoms with van der Waals surface area (Å²) in [6, 6.07) is 10.1. The molecule has 0 saturated heterocycles. The van der Waals surface area contributed by atoms with Crippen molar-refractivity contribution in [3.63, 3.8) is 0 Å². The van der Waals surface area contributed by atoms with Crippen LogP contribution in [0.4, 0.5) is 5.82 Å². The number of fused-ring (bicyclic) bond motifs is 1. The van der Waals surface area contributed by atoms with Crippen LogP contribution in [0.2, 0.25) is 0 Å². The first-order valence-electron chi connectivity index (χ1n) is 6.09. The molecule has 0 atom stereocenters. The minimum atomic E-state index is -0.219. The topological polar surface area (TPSA) is 67.0 Å². The molecule has 20 heavy (non-hydrogen) atoms. The van der Waals surface area contributed by atoms with Crippen molar-refractivity contribution in [2.24, 2.45) is 0 Å². The maximum atomic E-state index is 11.5. The van der Waals surface area contributed by atoms with Gasteiger partial charge in [0.1, 0.15) is 6.61 Å². The highest BCUT2D eigenvalue weighted by atomic mass is 32.1. The second kappa shape index (κ2) is 5.44. The number of hydrogen-bond donors (Lipinski definition) is 2. The minimum Gasteiger partial charge on any atom is -0.375 e. The van der Waals surface area contributed by atoms with Gasteiger partial charge in [0.25, 0.3) is 5.91 Å². The van der Waals surface area contributed by atoms with E-state index >= 15 is 0 Å². The highest BCUT2D eigenvalue weighted by molar-refractivity contribution is 7.13. The molecule has 0 saturated carbocycles. The van der Waals surface area contributed by atoms with Crippen LogP contribution < -0.4 is 5.32 Å². The maximum Gasteiger partial charge on any atom is 0.251 e. The summed E-state index contributed by atoms with van der Waals surface area (Å²) in [5, 5.41) is 12.7. The number of carbonyl (C=O) groups is 1. The molecule has 0 fully saturated rings. The molecule has 0 radical (unpaired) electrons. The van der Waals surface area contributed by atoms with E-state index in [0.29, 0.717) is 5.82 Å². The molecule has 0 spiro atoms. The van der Waals surface area contributed by atoms with E-state index in [1.54, 1.807) is 11.3 Å². The van der Waals surface area contributed by atoms with Crippen LogP contribution >= 0.6 is 11.3 Å². The molecule has 102 valence electrons. The standard InChI is InChI=1S/C14H13N3O2S/c1-19-8-13(18)15-14-10-5-4-9(7-11(10)16-17-14)12-3-2-6-20-12/h2-7H,8H2,1H3,(H2,15,16,17,18). The van der Waals surface area contributed by atoms with Gasteiger partial charge in [0.15, 0.2) is 5.82 Å². The molecule has 6 heteroatoms. The largest absolute Gasteiger partial charge is 0.375 e. The monoisotopic (exact) mass is 287 g/mol. The summed E-state index contributed by atoms with van der Waals surface area (Å²) in [6.07, 6.45) is 0. The van der Waals surface area contributed by atoms with Crippen molar-refractivity contribution in [3.8, 4) is 10.4 Å². The van der Waals surface area contributed by atoms with Crippen molar-refractivity contribution in [1.82, 2.24) is 10.2 Å². The molecule has 0 aliphatic heterocycles. The van der Waals surface area contributed by atoms with E-state index in [4.69, 9.17) is 4.74 Å². The number of rotatable bonds is 4. The number of amides is 1. The molecule has 3 rings (SSSR count). The number of methoxy groups -OCH3 is 1. The molecule has 0 bridgehead atoms. The fourth-order valence-corrected chi connectivity index (χ4v) is 2.73. The summed E-state index contributed by atoms with van der Waals surface area (Å²) in [5.74, 6) is 0.308. The lowest BCUT2D eigenvalue weighted by Gasteiger charge is -2.01. The first-order chi connectivity index (χ1) is 9.78. The normalized spacial score (nSPS) is 10.8. The van der Waals surface area contributed by atoms with Gasteiger partial charge >= 0.3 is 0 Å². The van der Waals surface area contributed by atoms with Crippen LogP contribution in [0.1, 0.15) is 0 Å². The Balaban J connectivity index is 1.92. The van der Waals surface area contributed by atoms with E-state index < -0.39 is 0 Å². The lowest BCUT2D eigenvalue weighted by atomic mass is 10.1. The Kier molecular flexibility index (Phi) is 3.49. The second-order valence-electron chi connectivity index (χ2n) is 4.29. The van der Waals surface area contributed by atoms with Crippen LogP contribution in [0.5, 0.6) is 0 Å². The zero-order valence-electron chi connectivity index (χ0n) is 10.8. The Labute approximate surface area is 119 Å². The van der Waals surface area contributed by atoms with Gasteiger partial charge in [0, 0.05) is 17.4 Å². The lowest BCUT2D eigenvalue weighted by molar-refractivity contribution is -0.119. The first-order valence-corrected chi connectivity index (χ1v) is 6.96. The molecular formula is C14H13N3O2S. The molecule has 5 nitrogen and oxygen atoms in total. The minimum absolute atomic E-state index is 0.0155. The summed E-state index contributed by atoms with van der Waals surface area (Å²) in [6.45, 7) is 0.0155. The average molecular weight is 287 g/mol. The van der Waals surface area contributed by atoms with E-state index in [1.165, 1.54) is 12.0 Å². The first kappa shape index (κ1) is 12.8. The number of aromatic amines is 1. The van der Waals surface area contributed by atoms with Gasteiger partial charge in [0.05, 0.1) is 5.52 Å². The molecule has 2 heterocycles. The number of carbonyl (C=O) groups excluding carboxylic acids is 1. The van der Waals surface area contributed by atoms with Gasteiger partial charge in [-0.15, -0.1) is 11.3 Å². The summed E-state index contributed by atoms with van der Waals surface area (Å²) >= 11 is 1.69. The average Bonchev–Trinajstić information content (AvgIpc) is 3.08. The SMILES string of the molecule is COCC(=O)Nc1n[nH]c2cc(-c3cccs3)ccc12. The number of aromatic nitrogens is 2. The molecule has 1 amide bonds. The van der Waals surface area contributed by atoms with Gasteiger partial charge in [0.2, 0.25) is 0 Å². The van der Waals surface area contributed by atoms with Crippen LogP contribution in [0.3, 0.4) is 0 Å². The van der Waals surface area contributed by atoms with E-state index in [0.717, 1.165) is 16.5 Å². The number of benzene rings is 1. The number of nitrogens with zero attached hydrogens (tertiary/aromatic N) is 1. The highest BCUT2D eigenvalue weighted by Crippen LogP contribution is 2.29. The second-order valence-corrected chi connectivity index (χ2v) is 5.24. The summed E-state index contributed by atoms with van der Waals surface area (Å²) in [7, 11) is 1.48. The van der Waals surface area contributed by atoms with Crippen molar-refractivity contribution in [2.45, 2.75) is 0 Å². The van der Waals surface area contributed by atoms with Gasteiger partial charge in [-0.05, 0) is 29.1 Å². The summed E-state index contributed by atoms with van der Waals surface area (Å²) in [5.41, 5.74) is 2.02. The van der Waals surface area contributed by atoms with E-state index in [-0.39, 0.29) is 12.5 Å². The summed E-state index contributed by atoms with van der Waals surface area (Å²) < 4.78 is 4.78. The highest BCUT2D eigenvalue weighted by Gasteiger charge is 2.10. The third kappa shape index (κ3) is 2.43. The fraction of sp³-hybridized carbons (Fsp3) is 0.143. The van der Waals surface area contributed by atoms with Crippen molar-refractivity contribution in [3.05, 3.63) is 35.7 Å². The van der Waals surface area contributed by atoms with E-state index in [9.17, 15) is 4.79 Å². The zero-order chi connectivity index (χ0) is 13.9.